The Bertz CT molecular complexity index is 930. The molecule has 0 spiro atoms. The Kier molecular flexibility index (Phi) is 13.8. The highest BCUT2D eigenvalue weighted by Gasteiger charge is 2.20. The smallest absolute Gasteiger partial charge is 0.220 e. The van der Waals surface area contributed by atoms with Gasteiger partial charge in [0, 0.05) is 37.7 Å². The van der Waals surface area contributed by atoms with Crippen molar-refractivity contribution in [1.82, 2.24) is 15.5 Å². The molecule has 0 bridgehead atoms. The molecule has 7 nitrogen and oxygen atoms in total. The Hall–Kier alpha value is -2.34. The highest BCUT2D eigenvalue weighted by atomic mass is 31.0. The molecule has 2 unspecified atom stereocenters. The van der Waals surface area contributed by atoms with Gasteiger partial charge in [0.05, 0.1) is 26.4 Å². The van der Waals surface area contributed by atoms with Gasteiger partial charge in [0.25, 0.3) is 0 Å². The maximum atomic E-state index is 12.1. The largest absolute Gasteiger partial charge is 0.496 e. The molecule has 8 heteroatoms. The minimum absolute atomic E-state index is 0. The Morgan fingerprint density at radius 3 is 2.38 bits per heavy atom. The molecule has 0 aromatic heterocycles. The summed E-state index contributed by atoms with van der Waals surface area (Å²) in [5, 5.41) is 6.53. The fraction of sp³-hybridized carbons (Fsp3) is 0.552. The molecule has 0 aliphatic carbocycles. The lowest BCUT2D eigenvalue weighted by Crippen LogP contribution is -2.29. The predicted octanol–water partition coefficient (Wildman–Crippen LogP) is 4.51. The van der Waals surface area contributed by atoms with Crippen LogP contribution in [0.2, 0.25) is 0 Å². The summed E-state index contributed by atoms with van der Waals surface area (Å²) in [5.74, 6) is 2.29. The number of ether oxygens (including phenoxy) is 3. The van der Waals surface area contributed by atoms with Crippen molar-refractivity contribution in [2.45, 2.75) is 64.6 Å². The van der Waals surface area contributed by atoms with E-state index in [9.17, 15) is 4.79 Å². The van der Waals surface area contributed by atoms with Gasteiger partial charge in [-0.25, -0.2) is 0 Å². The van der Waals surface area contributed by atoms with Gasteiger partial charge in [-0.2, -0.15) is 9.90 Å². The molecule has 3 rings (SSSR count). The van der Waals surface area contributed by atoms with Crippen molar-refractivity contribution in [3.8, 4) is 17.2 Å². The molecule has 1 aliphatic heterocycles. The fourth-order valence-electron chi connectivity index (χ4n) is 4.62. The summed E-state index contributed by atoms with van der Waals surface area (Å²) in [7, 11) is 5.55. The Labute approximate surface area is 226 Å². The second-order valence-electron chi connectivity index (χ2n) is 9.62. The van der Waals surface area contributed by atoms with Crippen molar-refractivity contribution in [3.63, 3.8) is 0 Å². The number of methoxy groups -OCH3 is 2. The highest BCUT2D eigenvalue weighted by Crippen LogP contribution is 2.34. The number of likely N-dealkylation sites (tertiary alicyclic amines) is 1. The lowest BCUT2D eigenvalue weighted by Gasteiger charge is -2.20. The van der Waals surface area contributed by atoms with E-state index < -0.39 is 0 Å². The third-order valence-electron chi connectivity index (χ3n) is 6.89. The second kappa shape index (κ2) is 16.5. The summed E-state index contributed by atoms with van der Waals surface area (Å²) in [6.07, 6.45) is 5.78. The van der Waals surface area contributed by atoms with Gasteiger partial charge >= 0.3 is 0 Å². The van der Waals surface area contributed by atoms with Crippen LogP contribution >= 0.6 is 9.90 Å². The molecule has 1 amide bonds. The second-order valence-corrected chi connectivity index (χ2v) is 9.62. The molecule has 2 aromatic rings. The van der Waals surface area contributed by atoms with Crippen LogP contribution in [0.1, 0.15) is 55.2 Å². The molecule has 2 N–H and O–H groups in total. The average molecular weight is 532 g/mol. The van der Waals surface area contributed by atoms with Gasteiger partial charge in [-0.05, 0) is 64.7 Å². The molecule has 1 saturated heterocycles. The van der Waals surface area contributed by atoms with Crippen molar-refractivity contribution < 1.29 is 19.0 Å². The molecule has 2 aromatic carbocycles. The zero-order valence-electron chi connectivity index (χ0n) is 23.1. The number of amides is 1. The van der Waals surface area contributed by atoms with E-state index in [1.807, 2.05) is 24.3 Å². The van der Waals surface area contributed by atoms with E-state index in [2.05, 4.69) is 41.6 Å². The van der Waals surface area contributed by atoms with E-state index in [1.54, 1.807) is 14.2 Å². The average Bonchev–Trinajstić information content (AvgIpc) is 3.30. The summed E-state index contributed by atoms with van der Waals surface area (Å²) in [6.45, 7) is 5.99. The monoisotopic (exact) mass is 531 g/mol. The summed E-state index contributed by atoms with van der Waals surface area (Å²) in [6, 6.07) is 12.7. The Balaban J connectivity index is 0.00000481. The molecular formula is C29H46N3O4P. The Morgan fingerprint density at radius 1 is 1.05 bits per heavy atom. The number of carbonyl (C=O) groups excluding carboxylic acids is 1. The zero-order chi connectivity index (χ0) is 25.8. The van der Waals surface area contributed by atoms with Crippen molar-refractivity contribution in [3.05, 3.63) is 53.1 Å². The molecule has 2 atom stereocenters. The molecule has 37 heavy (non-hydrogen) atoms. The van der Waals surface area contributed by atoms with Crippen LogP contribution in [0.3, 0.4) is 0 Å². The maximum Gasteiger partial charge on any atom is 0.220 e. The summed E-state index contributed by atoms with van der Waals surface area (Å²) < 4.78 is 17.2. The van der Waals surface area contributed by atoms with Crippen LogP contribution in [0.5, 0.6) is 17.2 Å². The minimum atomic E-state index is 0. The quantitative estimate of drug-likeness (QED) is 0.260. The maximum absolute atomic E-state index is 12.1. The number of nitrogens with one attached hydrogen (secondary N) is 2. The van der Waals surface area contributed by atoms with E-state index in [0.29, 0.717) is 37.9 Å². The first-order valence-corrected chi connectivity index (χ1v) is 13.1. The van der Waals surface area contributed by atoms with E-state index in [0.717, 1.165) is 48.4 Å². The van der Waals surface area contributed by atoms with Crippen molar-refractivity contribution in [2.75, 3.05) is 41.0 Å². The first-order valence-electron chi connectivity index (χ1n) is 13.1. The SMILES string of the molecule is COc1cc(OCCCCC(=O)NCc2ccc(C)cc2)cc(OC)c1CNCCC1CCCN1C.P. The van der Waals surface area contributed by atoms with Crippen LogP contribution in [-0.2, 0) is 17.9 Å². The highest BCUT2D eigenvalue weighted by molar-refractivity contribution is 6.92. The van der Waals surface area contributed by atoms with Crippen LogP contribution in [0.25, 0.3) is 0 Å². The standard InChI is InChI=1S/C29H43N3O4.H3P/c1-22-10-12-23(13-11-22)20-31-29(33)9-5-6-17-36-25-18-27(34-3)26(28(19-25)35-4)21-30-15-14-24-8-7-16-32(24)2;/h10-13,18-19,24,30H,5-9,14-17,20-21H2,1-4H3,(H,31,33);1H3. The van der Waals surface area contributed by atoms with Gasteiger partial charge in [-0.3, -0.25) is 4.79 Å². The number of hydrogen-bond acceptors (Lipinski definition) is 6. The van der Waals surface area contributed by atoms with E-state index in [1.165, 1.54) is 24.9 Å². The van der Waals surface area contributed by atoms with E-state index >= 15 is 0 Å². The minimum Gasteiger partial charge on any atom is -0.496 e. The molecule has 1 aliphatic rings. The lowest BCUT2D eigenvalue weighted by molar-refractivity contribution is -0.121. The number of nitrogens with zero attached hydrogens (tertiary/aromatic N) is 1. The topological polar surface area (TPSA) is 72.1 Å². The van der Waals surface area contributed by atoms with Crippen molar-refractivity contribution in [2.24, 2.45) is 0 Å². The van der Waals surface area contributed by atoms with Crippen LogP contribution < -0.4 is 24.8 Å². The number of unbranched alkanes of at least 4 members (excludes halogenated alkanes) is 1. The Morgan fingerprint density at radius 2 is 1.76 bits per heavy atom. The number of aryl methyl sites for hydroxylation is 1. The molecule has 1 heterocycles. The van der Waals surface area contributed by atoms with Gasteiger partial charge in [-0.15, -0.1) is 0 Å². The lowest BCUT2D eigenvalue weighted by atomic mass is 10.1. The number of benzene rings is 2. The van der Waals surface area contributed by atoms with Gasteiger partial charge < -0.3 is 29.7 Å². The summed E-state index contributed by atoms with van der Waals surface area (Å²) >= 11 is 0. The molecule has 0 saturated carbocycles. The first-order chi connectivity index (χ1) is 17.5. The van der Waals surface area contributed by atoms with Crippen LogP contribution in [0.4, 0.5) is 0 Å². The number of hydrogen-bond donors (Lipinski definition) is 2. The summed E-state index contributed by atoms with van der Waals surface area (Å²) in [5.41, 5.74) is 3.33. The van der Waals surface area contributed by atoms with Gasteiger partial charge in [-0.1, -0.05) is 29.8 Å². The van der Waals surface area contributed by atoms with Crippen molar-refractivity contribution in [1.29, 1.82) is 0 Å². The van der Waals surface area contributed by atoms with Gasteiger partial charge in [0.15, 0.2) is 0 Å². The molecular weight excluding hydrogens is 485 g/mol. The zero-order valence-corrected chi connectivity index (χ0v) is 24.5. The number of rotatable bonds is 15. The molecule has 206 valence electrons. The van der Waals surface area contributed by atoms with Gasteiger partial charge in [0.2, 0.25) is 5.91 Å². The van der Waals surface area contributed by atoms with Crippen LogP contribution in [-0.4, -0.2) is 57.8 Å². The van der Waals surface area contributed by atoms with Gasteiger partial charge in [0.1, 0.15) is 17.2 Å². The third-order valence-corrected chi connectivity index (χ3v) is 6.89. The fourth-order valence-corrected chi connectivity index (χ4v) is 4.62. The number of carbonyl (C=O) groups is 1. The van der Waals surface area contributed by atoms with Crippen LogP contribution in [0, 0.1) is 6.92 Å². The normalized spacial score (nSPS) is 15.2. The van der Waals surface area contributed by atoms with Crippen molar-refractivity contribution >= 4 is 15.8 Å². The molecule has 1 fully saturated rings. The van der Waals surface area contributed by atoms with E-state index in [-0.39, 0.29) is 15.8 Å². The predicted molar refractivity (Wildman–Crippen MR) is 155 cm³/mol. The summed E-state index contributed by atoms with van der Waals surface area (Å²) in [4.78, 5) is 14.6. The van der Waals surface area contributed by atoms with Crippen LogP contribution in [0.15, 0.2) is 36.4 Å². The molecule has 0 radical (unpaired) electrons. The third kappa shape index (κ3) is 10.1. The first kappa shape index (κ1) is 30.9. The van der Waals surface area contributed by atoms with E-state index in [4.69, 9.17) is 14.2 Å².